The lowest BCUT2D eigenvalue weighted by Gasteiger charge is -2.00. The number of phenols is 1. The van der Waals surface area contributed by atoms with Crippen molar-refractivity contribution in [3.05, 3.63) is 65.5 Å². The van der Waals surface area contributed by atoms with Crippen LogP contribution in [0.15, 0.2) is 53.6 Å². The second-order valence-corrected chi connectivity index (χ2v) is 3.77. The minimum absolute atomic E-state index is 0.0736. The number of carbonyl (C=O) groups is 1. The molecular weight excluding hydrogens is 247 g/mol. The Balaban J connectivity index is 2.03. The van der Waals surface area contributed by atoms with E-state index < -0.39 is 11.7 Å². The Morgan fingerprint density at radius 2 is 2.00 bits per heavy atom. The van der Waals surface area contributed by atoms with Crippen LogP contribution in [0.1, 0.15) is 15.9 Å². The Labute approximate surface area is 109 Å². The highest BCUT2D eigenvalue weighted by Gasteiger charge is 2.08. The predicted molar refractivity (Wildman–Crippen MR) is 69.6 cm³/mol. The van der Waals surface area contributed by atoms with Crippen LogP contribution in [-0.2, 0) is 0 Å². The van der Waals surface area contributed by atoms with Crippen LogP contribution in [0.2, 0.25) is 0 Å². The van der Waals surface area contributed by atoms with Gasteiger partial charge in [0.2, 0.25) is 0 Å². The Morgan fingerprint density at radius 3 is 2.74 bits per heavy atom. The van der Waals surface area contributed by atoms with E-state index in [9.17, 15) is 14.3 Å². The Morgan fingerprint density at radius 1 is 1.21 bits per heavy atom. The van der Waals surface area contributed by atoms with Gasteiger partial charge in [-0.1, -0.05) is 24.3 Å². The molecule has 5 heteroatoms. The van der Waals surface area contributed by atoms with Gasteiger partial charge in [0, 0.05) is 0 Å². The zero-order valence-electron chi connectivity index (χ0n) is 9.88. The summed E-state index contributed by atoms with van der Waals surface area (Å²) in [5, 5.41) is 12.9. The zero-order chi connectivity index (χ0) is 13.7. The highest BCUT2D eigenvalue weighted by Crippen LogP contribution is 2.09. The molecule has 4 nitrogen and oxygen atoms in total. The maximum atomic E-state index is 13.3. The Hall–Kier alpha value is -2.69. The molecule has 0 heterocycles. The van der Waals surface area contributed by atoms with Gasteiger partial charge in [-0.05, 0) is 29.8 Å². The molecule has 0 saturated carbocycles. The lowest BCUT2D eigenvalue weighted by atomic mass is 10.2. The fourth-order valence-corrected chi connectivity index (χ4v) is 1.48. The van der Waals surface area contributed by atoms with Gasteiger partial charge in [-0.2, -0.15) is 5.10 Å². The minimum Gasteiger partial charge on any atom is -0.508 e. The molecule has 0 aliphatic heterocycles. The number of hydrazone groups is 1. The van der Waals surface area contributed by atoms with Gasteiger partial charge in [0.1, 0.15) is 11.6 Å². The minimum atomic E-state index is -0.630. The number of aromatic hydroxyl groups is 1. The fraction of sp³-hybridized carbons (Fsp3) is 0. The van der Waals surface area contributed by atoms with Crippen molar-refractivity contribution in [1.82, 2.24) is 5.43 Å². The molecule has 0 aromatic heterocycles. The van der Waals surface area contributed by atoms with E-state index in [0.717, 1.165) is 0 Å². The number of phenolic OH excluding ortho intramolecular Hbond substituents is 1. The molecule has 19 heavy (non-hydrogen) atoms. The van der Waals surface area contributed by atoms with E-state index in [1.807, 2.05) is 0 Å². The first-order valence-corrected chi connectivity index (χ1v) is 5.54. The summed E-state index contributed by atoms with van der Waals surface area (Å²) in [5.74, 6) is -1.13. The van der Waals surface area contributed by atoms with Crippen molar-refractivity contribution >= 4 is 12.1 Å². The number of halogens is 1. The summed E-state index contributed by atoms with van der Waals surface area (Å²) in [4.78, 5) is 11.6. The number of hydrogen-bond donors (Lipinski definition) is 2. The van der Waals surface area contributed by atoms with E-state index in [1.54, 1.807) is 18.2 Å². The average molecular weight is 258 g/mol. The predicted octanol–water partition coefficient (Wildman–Crippen LogP) is 2.30. The molecule has 0 spiro atoms. The number of amides is 1. The largest absolute Gasteiger partial charge is 0.508 e. The van der Waals surface area contributed by atoms with Crippen LogP contribution in [0.5, 0.6) is 5.75 Å². The number of carbonyl (C=O) groups excluding carboxylic acids is 1. The quantitative estimate of drug-likeness (QED) is 0.655. The van der Waals surface area contributed by atoms with Crippen molar-refractivity contribution in [2.45, 2.75) is 0 Å². The summed E-state index contributed by atoms with van der Waals surface area (Å²) in [6, 6.07) is 12.0. The fourth-order valence-electron chi connectivity index (χ4n) is 1.48. The summed E-state index contributed by atoms with van der Waals surface area (Å²) in [6.45, 7) is 0. The van der Waals surface area contributed by atoms with Gasteiger partial charge in [-0.3, -0.25) is 4.79 Å². The molecule has 2 N–H and O–H groups in total. The lowest BCUT2D eigenvalue weighted by molar-refractivity contribution is 0.0951. The lowest BCUT2D eigenvalue weighted by Crippen LogP contribution is -2.18. The molecule has 2 rings (SSSR count). The van der Waals surface area contributed by atoms with Crippen molar-refractivity contribution in [2.24, 2.45) is 5.10 Å². The van der Waals surface area contributed by atoms with Gasteiger partial charge in [-0.15, -0.1) is 0 Å². The monoisotopic (exact) mass is 258 g/mol. The first-order chi connectivity index (χ1) is 9.16. The summed E-state index contributed by atoms with van der Waals surface area (Å²) in [6.07, 6.45) is 1.36. The topological polar surface area (TPSA) is 61.7 Å². The zero-order valence-corrected chi connectivity index (χ0v) is 9.88. The summed E-state index contributed by atoms with van der Waals surface area (Å²) >= 11 is 0. The molecular formula is C14H11FN2O2. The smallest absolute Gasteiger partial charge is 0.274 e. The normalized spacial score (nSPS) is 10.6. The van der Waals surface area contributed by atoms with E-state index >= 15 is 0 Å². The van der Waals surface area contributed by atoms with Crippen LogP contribution in [-0.4, -0.2) is 17.2 Å². The van der Waals surface area contributed by atoms with Crippen LogP contribution in [0.4, 0.5) is 4.39 Å². The second-order valence-electron chi connectivity index (χ2n) is 3.77. The third kappa shape index (κ3) is 3.38. The van der Waals surface area contributed by atoms with Crippen LogP contribution >= 0.6 is 0 Å². The standard InChI is InChI=1S/C14H11FN2O2/c15-13-7-2-1-6-12(13)14(19)17-16-9-10-4-3-5-11(18)8-10/h1-9,18H,(H,17,19)/b16-9+. The maximum Gasteiger partial charge on any atom is 0.274 e. The van der Waals surface area contributed by atoms with E-state index in [0.29, 0.717) is 5.56 Å². The molecule has 0 aliphatic rings. The number of rotatable bonds is 3. The first-order valence-electron chi connectivity index (χ1n) is 5.54. The van der Waals surface area contributed by atoms with Crippen molar-refractivity contribution in [3.63, 3.8) is 0 Å². The molecule has 96 valence electrons. The van der Waals surface area contributed by atoms with Crippen molar-refractivity contribution < 1.29 is 14.3 Å². The van der Waals surface area contributed by atoms with Crippen molar-refractivity contribution in [3.8, 4) is 5.75 Å². The molecule has 0 aliphatic carbocycles. The third-order valence-electron chi connectivity index (χ3n) is 2.37. The molecule has 1 amide bonds. The van der Waals surface area contributed by atoms with E-state index in [1.165, 1.54) is 36.5 Å². The van der Waals surface area contributed by atoms with Gasteiger partial charge in [0.15, 0.2) is 0 Å². The van der Waals surface area contributed by atoms with Gasteiger partial charge in [-0.25, -0.2) is 9.82 Å². The van der Waals surface area contributed by atoms with Gasteiger partial charge >= 0.3 is 0 Å². The number of hydrogen-bond acceptors (Lipinski definition) is 3. The summed E-state index contributed by atoms with van der Waals surface area (Å²) < 4.78 is 13.3. The molecule has 2 aromatic carbocycles. The van der Waals surface area contributed by atoms with E-state index in [4.69, 9.17) is 0 Å². The van der Waals surface area contributed by atoms with Crippen LogP contribution in [0.3, 0.4) is 0 Å². The molecule has 0 fully saturated rings. The average Bonchev–Trinajstić information content (AvgIpc) is 2.39. The maximum absolute atomic E-state index is 13.3. The van der Waals surface area contributed by atoms with Crippen LogP contribution in [0.25, 0.3) is 0 Å². The molecule has 0 atom stereocenters. The number of nitrogens with one attached hydrogen (secondary N) is 1. The van der Waals surface area contributed by atoms with Crippen LogP contribution < -0.4 is 5.43 Å². The molecule has 0 unspecified atom stereocenters. The highest BCUT2D eigenvalue weighted by atomic mass is 19.1. The summed E-state index contributed by atoms with van der Waals surface area (Å²) in [7, 11) is 0. The van der Waals surface area contributed by atoms with Crippen molar-refractivity contribution in [2.75, 3.05) is 0 Å². The number of nitrogens with zero attached hydrogens (tertiary/aromatic N) is 1. The van der Waals surface area contributed by atoms with Gasteiger partial charge < -0.3 is 5.11 Å². The summed E-state index contributed by atoms with van der Waals surface area (Å²) in [5.41, 5.74) is 2.76. The van der Waals surface area contributed by atoms with Crippen molar-refractivity contribution in [1.29, 1.82) is 0 Å². The number of benzene rings is 2. The Kier molecular flexibility index (Phi) is 3.87. The third-order valence-corrected chi connectivity index (χ3v) is 2.37. The Bertz CT molecular complexity index is 626. The molecule has 0 radical (unpaired) electrons. The van der Waals surface area contributed by atoms with E-state index in [2.05, 4.69) is 10.5 Å². The molecule has 0 saturated heterocycles. The molecule has 0 bridgehead atoms. The molecule has 2 aromatic rings. The van der Waals surface area contributed by atoms with Crippen LogP contribution in [0, 0.1) is 5.82 Å². The first kappa shape index (κ1) is 12.8. The second kappa shape index (κ2) is 5.77. The van der Waals surface area contributed by atoms with Gasteiger partial charge in [0.05, 0.1) is 11.8 Å². The SMILES string of the molecule is O=C(N/N=C/c1cccc(O)c1)c1ccccc1F. The highest BCUT2D eigenvalue weighted by molar-refractivity contribution is 5.95. The van der Waals surface area contributed by atoms with E-state index in [-0.39, 0.29) is 11.3 Å². The van der Waals surface area contributed by atoms with Gasteiger partial charge in [0.25, 0.3) is 5.91 Å².